The maximum absolute atomic E-state index is 13.4. The quantitative estimate of drug-likeness (QED) is 0.590. The number of likely N-dealkylation sites (tertiary alicyclic amines) is 1. The molecule has 0 aliphatic carbocycles. The van der Waals surface area contributed by atoms with Crippen LogP contribution in [0.5, 0.6) is 5.75 Å². The summed E-state index contributed by atoms with van der Waals surface area (Å²) in [6.07, 6.45) is -2.48. The van der Waals surface area contributed by atoms with Crippen LogP contribution in [0.2, 0.25) is 0 Å². The van der Waals surface area contributed by atoms with Crippen molar-refractivity contribution in [2.45, 2.75) is 44.7 Å². The number of rotatable bonds is 5. The van der Waals surface area contributed by atoms with Crippen LogP contribution in [0.25, 0.3) is 5.78 Å². The smallest absolute Gasteiger partial charge is 0.433 e. The third-order valence-corrected chi connectivity index (χ3v) is 5.72. The summed E-state index contributed by atoms with van der Waals surface area (Å²) < 4.78 is 46.8. The standard InChI is InChI=1S/C22H24F3N5O2/c1-14(2)16-5-3-4-6-18(16)32-12-20(31)29-9-7-15(8-10-29)17-11-19(22(23,24)25)30-21(28-17)26-13-27-30/h3-6,11,13-15H,7-10,12H2,1-2H3. The van der Waals surface area contributed by atoms with Crippen LogP contribution in [-0.4, -0.2) is 50.1 Å². The summed E-state index contributed by atoms with van der Waals surface area (Å²) in [6, 6.07) is 8.66. The van der Waals surface area contributed by atoms with Gasteiger partial charge in [0.1, 0.15) is 12.1 Å². The molecule has 7 nitrogen and oxygen atoms in total. The van der Waals surface area contributed by atoms with Gasteiger partial charge in [0.05, 0.1) is 0 Å². The number of benzene rings is 1. The molecule has 1 fully saturated rings. The minimum Gasteiger partial charge on any atom is -0.483 e. The number of carbonyl (C=O) groups excluding carboxylic acids is 1. The minimum atomic E-state index is -4.57. The van der Waals surface area contributed by atoms with E-state index in [1.54, 1.807) is 4.90 Å². The first-order valence-electron chi connectivity index (χ1n) is 10.5. The van der Waals surface area contributed by atoms with Crippen LogP contribution in [0.1, 0.15) is 55.5 Å². The van der Waals surface area contributed by atoms with Crippen LogP contribution >= 0.6 is 0 Å². The van der Waals surface area contributed by atoms with Gasteiger partial charge in [-0.15, -0.1) is 0 Å². The Balaban J connectivity index is 1.40. The Morgan fingerprint density at radius 3 is 2.62 bits per heavy atom. The van der Waals surface area contributed by atoms with Crippen molar-refractivity contribution in [2.24, 2.45) is 0 Å². The summed E-state index contributed by atoms with van der Waals surface area (Å²) in [6.45, 7) is 4.91. The molecule has 0 atom stereocenters. The Morgan fingerprint density at radius 1 is 1.22 bits per heavy atom. The molecule has 0 radical (unpaired) electrons. The van der Waals surface area contributed by atoms with E-state index in [9.17, 15) is 18.0 Å². The molecule has 10 heteroatoms. The summed E-state index contributed by atoms with van der Waals surface area (Å²) in [5.74, 6) is 0.554. The van der Waals surface area contributed by atoms with Crippen molar-refractivity contribution in [1.82, 2.24) is 24.5 Å². The maximum atomic E-state index is 13.4. The molecule has 32 heavy (non-hydrogen) atoms. The van der Waals surface area contributed by atoms with Crippen LogP contribution in [0.4, 0.5) is 13.2 Å². The number of fused-ring (bicyclic) bond motifs is 1. The zero-order chi connectivity index (χ0) is 22.9. The monoisotopic (exact) mass is 447 g/mol. The van der Waals surface area contributed by atoms with E-state index >= 15 is 0 Å². The molecule has 1 aliphatic heterocycles. The van der Waals surface area contributed by atoms with E-state index in [0.717, 1.165) is 18.0 Å². The SMILES string of the molecule is CC(C)c1ccccc1OCC(=O)N1CCC(c2cc(C(F)(F)F)n3ncnc3n2)CC1. The molecule has 1 aliphatic rings. The van der Waals surface area contributed by atoms with Gasteiger partial charge in [-0.2, -0.15) is 27.8 Å². The van der Waals surface area contributed by atoms with Crippen LogP contribution in [-0.2, 0) is 11.0 Å². The van der Waals surface area contributed by atoms with Crippen LogP contribution in [0.3, 0.4) is 0 Å². The number of piperidine rings is 1. The summed E-state index contributed by atoms with van der Waals surface area (Å²) in [5.41, 5.74) is 0.465. The predicted octanol–water partition coefficient (Wildman–Crippen LogP) is 4.05. The van der Waals surface area contributed by atoms with Crippen LogP contribution in [0.15, 0.2) is 36.7 Å². The van der Waals surface area contributed by atoms with Crippen molar-refractivity contribution in [3.05, 3.63) is 53.6 Å². The second kappa shape index (κ2) is 8.76. The number of nitrogens with zero attached hydrogens (tertiary/aromatic N) is 5. The van der Waals surface area contributed by atoms with Crippen molar-refractivity contribution < 1.29 is 22.7 Å². The Kier molecular flexibility index (Phi) is 6.03. The number of halogens is 3. The highest BCUT2D eigenvalue weighted by atomic mass is 19.4. The number of hydrogen-bond acceptors (Lipinski definition) is 5. The summed E-state index contributed by atoms with van der Waals surface area (Å²) in [7, 11) is 0. The number of ether oxygens (including phenoxy) is 1. The first kappa shape index (κ1) is 22.0. The van der Waals surface area contributed by atoms with E-state index in [1.165, 1.54) is 0 Å². The molecular formula is C22H24F3N5O2. The Labute approximate surface area is 183 Å². The van der Waals surface area contributed by atoms with Gasteiger partial charge in [-0.05, 0) is 36.5 Å². The number of alkyl halides is 3. The zero-order valence-electron chi connectivity index (χ0n) is 17.8. The Bertz CT molecular complexity index is 1100. The van der Waals surface area contributed by atoms with Gasteiger partial charge in [0.25, 0.3) is 11.7 Å². The van der Waals surface area contributed by atoms with Crippen molar-refractivity contribution in [1.29, 1.82) is 0 Å². The second-order valence-corrected chi connectivity index (χ2v) is 8.17. The number of hydrogen-bond donors (Lipinski definition) is 0. The van der Waals surface area contributed by atoms with E-state index in [-0.39, 0.29) is 30.1 Å². The number of amides is 1. The third kappa shape index (κ3) is 4.53. The van der Waals surface area contributed by atoms with Gasteiger partial charge in [0.15, 0.2) is 12.3 Å². The molecule has 3 heterocycles. The van der Waals surface area contributed by atoms with Gasteiger partial charge < -0.3 is 9.64 Å². The largest absolute Gasteiger partial charge is 0.483 e. The fraction of sp³-hybridized carbons (Fsp3) is 0.455. The highest BCUT2D eigenvalue weighted by Gasteiger charge is 2.36. The predicted molar refractivity (Wildman–Crippen MR) is 110 cm³/mol. The van der Waals surface area contributed by atoms with Gasteiger partial charge >= 0.3 is 6.18 Å². The van der Waals surface area contributed by atoms with Crippen LogP contribution < -0.4 is 4.74 Å². The van der Waals surface area contributed by atoms with Gasteiger partial charge in [-0.3, -0.25) is 4.79 Å². The molecule has 0 saturated carbocycles. The molecule has 2 aromatic heterocycles. The second-order valence-electron chi connectivity index (χ2n) is 8.17. The van der Waals surface area contributed by atoms with E-state index in [1.807, 2.05) is 24.3 Å². The molecule has 0 unspecified atom stereocenters. The van der Waals surface area contributed by atoms with Crippen LogP contribution in [0, 0.1) is 0 Å². The molecule has 1 aromatic carbocycles. The lowest BCUT2D eigenvalue weighted by Gasteiger charge is -2.32. The van der Waals surface area contributed by atoms with Crippen molar-refractivity contribution >= 4 is 11.7 Å². The van der Waals surface area contributed by atoms with Crippen molar-refractivity contribution in [3.8, 4) is 5.75 Å². The van der Waals surface area contributed by atoms with E-state index in [2.05, 4.69) is 28.9 Å². The molecular weight excluding hydrogens is 423 g/mol. The highest BCUT2D eigenvalue weighted by Crippen LogP contribution is 2.33. The Morgan fingerprint density at radius 2 is 1.94 bits per heavy atom. The van der Waals surface area contributed by atoms with Gasteiger partial charge in [0, 0.05) is 24.7 Å². The summed E-state index contributed by atoms with van der Waals surface area (Å²) >= 11 is 0. The van der Waals surface area contributed by atoms with Gasteiger partial charge in [-0.25, -0.2) is 4.98 Å². The molecule has 170 valence electrons. The number of aromatic nitrogens is 4. The van der Waals surface area contributed by atoms with E-state index < -0.39 is 11.9 Å². The molecule has 0 spiro atoms. The fourth-order valence-corrected chi connectivity index (χ4v) is 3.99. The first-order valence-corrected chi connectivity index (χ1v) is 10.5. The summed E-state index contributed by atoms with van der Waals surface area (Å²) in [5, 5.41) is 3.63. The van der Waals surface area contributed by atoms with Gasteiger partial charge in [-0.1, -0.05) is 32.0 Å². The Hall–Kier alpha value is -3.17. The minimum absolute atomic E-state index is 0.0728. The number of carbonyl (C=O) groups is 1. The topological polar surface area (TPSA) is 72.6 Å². The molecule has 4 rings (SSSR count). The fourth-order valence-electron chi connectivity index (χ4n) is 3.99. The lowest BCUT2D eigenvalue weighted by atomic mass is 9.93. The summed E-state index contributed by atoms with van der Waals surface area (Å²) in [4.78, 5) is 22.4. The van der Waals surface area contributed by atoms with E-state index in [4.69, 9.17) is 4.74 Å². The molecule has 0 N–H and O–H groups in total. The molecule has 1 amide bonds. The average molecular weight is 447 g/mol. The maximum Gasteiger partial charge on any atom is 0.433 e. The lowest BCUT2D eigenvalue weighted by Crippen LogP contribution is -2.40. The highest BCUT2D eigenvalue weighted by molar-refractivity contribution is 5.78. The molecule has 1 saturated heterocycles. The average Bonchev–Trinajstić information content (AvgIpc) is 3.25. The van der Waals surface area contributed by atoms with Gasteiger partial charge in [0.2, 0.25) is 0 Å². The lowest BCUT2D eigenvalue weighted by molar-refractivity contribution is -0.142. The third-order valence-electron chi connectivity index (χ3n) is 5.72. The van der Waals surface area contributed by atoms with E-state index in [0.29, 0.717) is 41.9 Å². The zero-order valence-corrected chi connectivity index (χ0v) is 17.8. The molecule has 0 bridgehead atoms. The van der Waals surface area contributed by atoms with Crippen molar-refractivity contribution in [2.75, 3.05) is 19.7 Å². The number of para-hydroxylation sites is 1. The first-order chi connectivity index (χ1) is 15.2. The molecule has 3 aromatic rings. The normalized spacial score (nSPS) is 15.5. The van der Waals surface area contributed by atoms with Crippen molar-refractivity contribution in [3.63, 3.8) is 0 Å².